The minimum Gasteiger partial charge on any atom is -0.479 e. The molecule has 4 nitrogen and oxygen atoms in total. The maximum Gasteiger partial charge on any atom is 0.334 e. The Balaban J connectivity index is 1.95. The first kappa shape index (κ1) is 14.0. The molecule has 2 unspecified atom stereocenters. The van der Waals surface area contributed by atoms with Crippen LogP contribution in [0.1, 0.15) is 12.5 Å². The van der Waals surface area contributed by atoms with Crippen molar-refractivity contribution < 1.29 is 19.0 Å². The summed E-state index contributed by atoms with van der Waals surface area (Å²) < 4.78 is 18.3. The molecule has 0 radical (unpaired) electrons. The molecule has 1 heterocycles. The number of carboxylic acid groups (broad SMARTS) is 1. The summed E-state index contributed by atoms with van der Waals surface area (Å²) in [5.41, 5.74) is 0.922. The highest BCUT2D eigenvalue weighted by Crippen LogP contribution is 2.14. The fraction of sp³-hybridized carbons (Fsp3) is 0.500. The van der Waals surface area contributed by atoms with Crippen LogP contribution in [0.2, 0.25) is 0 Å². The quantitative estimate of drug-likeness (QED) is 0.899. The molecule has 1 aliphatic heterocycles. The Morgan fingerprint density at radius 3 is 3.11 bits per heavy atom. The molecule has 104 valence electrons. The number of carboxylic acids is 1. The zero-order valence-corrected chi connectivity index (χ0v) is 10.9. The first-order chi connectivity index (χ1) is 9.06. The standard InChI is InChI=1S/C14H18FNO3/c1-10(7-11-3-2-4-12(15)8-11)16-5-6-19-13(9-16)14(17)18/h2-4,8,10,13H,5-7,9H2,1H3,(H,17,18). The van der Waals surface area contributed by atoms with Gasteiger partial charge in [0.2, 0.25) is 0 Å². The fourth-order valence-electron chi connectivity index (χ4n) is 2.35. The smallest absolute Gasteiger partial charge is 0.334 e. The number of benzene rings is 1. The van der Waals surface area contributed by atoms with Crippen LogP contribution in [0.25, 0.3) is 0 Å². The lowest BCUT2D eigenvalue weighted by Gasteiger charge is -2.35. The van der Waals surface area contributed by atoms with Crippen LogP contribution < -0.4 is 0 Å². The van der Waals surface area contributed by atoms with E-state index in [0.29, 0.717) is 26.1 Å². The van der Waals surface area contributed by atoms with Gasteiger partial charge in [-0.25, -0.2) is 9.18 Å². The van der Waals surface area contributed by atoms with Crippen LogP contribution in [-0.2, 0) is 16.0 Å². The van der Waals surface area contributed by atoms with Crippen molar-refractivity contribution in [3.63, 3.8) is 0 Å². The number of nitrogens with zero attached hydrogens (tertiary/aromatic N) is 1. The fourth-order valence-corrected chi connectivity index (χ4v) is 2.35. The molecule has 1 aromatic carbocycles. The minimum atomic E-state index is -0.928. The second-order valence-corrected chi connectivity index (χ2v) is 4.88. The molecular formula is C14H18FNO3. The van der Waals surface area contributed by atoms with Crippen molar-refractivity contribution >= 4 is 5.97 Å². The van der Waals surface area contributed by atoms with E-state index in [1.807, 2.05) is 13.0 Å². The van der Waals surface area contributed by atoms with E-state index in [1.54, 1.807) is 6.07 Å². The first-order valence-electron chi connectivity index (χ1n) is 6.39. The molecule has 2 atom stereocenters. The minimum absolute atomic E-state index is 0.160. The topological polar surface area (TPSA) is 49.8 Å². The second-order valence-electron chi connectivity index (χ2n) is 4.88. The predicted octanol–water partition coefficient (Wildman–Crippen LogP) is 1.54. The number of aliphatic carboxylic acids is 1. The molecule has 2 rings (SSSR count). The molecule has 1 fully saturated rings. The van der Waals surface area contributed by atoms with Crippen LogP contribution in [-0.4, -0.2) is 47.8 Å². The number of morpholine rings is 1. The van der Waals surface area contributed by atoms with Crippen molar-refractivity contribution in [2.24, 2.45) is 0 Å². The summed E-state index contributed by atoms with van der Waals surface area (Å²) in [6, 6.07) is 6.67. The summed E-state index contributed by atoms with van der Waals surface area (Å²) in [5.74, 6) is -1.17. The van der Waals surface area contributed by atoms with E-state index in [2.05, 4.69) is 4.90 Å². The van der Waals surface area contributed by atoms with E-state index in [4.69, 9.17) is 9.84 Å². The Morgan fingerprint density at radius 2 is 2.42 bits per heavy atom. The SMILES string of the molecule is CC(Cc1cccc(F)c1)N1CCOC(C(=O)O)C1. The van der Waals surface area contributed by atoms with Crippen LogP contribution in [0.5, 0.6) is 0 Å². The summed E-state index contributed by atoms with van der Waals surface area (Å²) in [6.07, 6.45) is -0.0619. The van der Waals surface area contributed by atoms with Crippen LogP contribution in [0.15, 0.2) is 24.3 Å². The van der Waals surface area contributed by atoms with Gasteiger partial charge < -0.3 is 9.84 Å². The van der Waals surface area contributed by atoms with E-state index in [1.165, 1.54) is 12.1 Å². The Morgan fingerprint density at radius 1 is 1.63 bits per heavy atom. The number of hydrogen-bond donors (Lipinski definition) is 1. The van der Waals surface area contributed by atoms with Gasteiger partial charge >= 0.3 is 5.97 Å². The Bertz CT molecular complexity index is 452. The van der Waals surface area contributed by atoms with Crippen molar-refractivity contribution in [3.05, 3.63) is 35.6 Å². The zero-order valence-electron chi connectivity index (χ0n) is 10.9. The monoisotopic (exact) mass is 267 g/mol. The molecule has 1 aliphatic rings. The Labute approximate surface area is 111 Å². The Hall–Kier alpha value is -1.46. The van der Waals surface area contributed by atoms with Crippen LogP contribution in [0, 0.1) is 5.82 Å². The van der Waals surface area contributed by atoms with Crippen LogP contribution in [0.4, 0.5) is 4.39 Å². The summed E-state index contributed by atoms with van der Waals surface area (Å²) in [4.78, 5) is 13.0. The second kappa shape index (κ2) is 6.12. The largest absolute Gasteiger partial charge is 0.479 e. The normalized spacial score (nSPS) is 22.1. The lowest BCUT2D eigenvalue weighted by Crippen LogP contribution is -2.50. The van der Waals surface area contributed by atoms with E-state index in [0.717, 1.165) is 5.56 Å². The molecule has 19 heavy (non-hydrogen) atoms. The molecule has 1 saturated heterocycles. The molecule has 0 aromatic heterocycles. The third kappa shape index (κ3) is 3.75. The van der Waals surface area contributed by atoms with Gasteiger partial charge in [0.25, 0.3) is 0 Å². The lowest BCUT2D eigenvalue weighted by atomic mass is 10.0. The van der Waals surface area contributed by atoms with Gasteiger partial charge in [0.1, 0.15) is 5.82 Å². The van der Waals surface area contributed by atoms with E-state index < -0.39 is 12.1 Å². The van der Waals surface area contributed by atoms with Gasteiger partial charge in [-0.1, -0.05) is 12.1 Å². The van der Waals surface area contributed by atoms with Crippen molar-refractivity contribution in [2.45, 2.75) is 25.5 Å². The molecule has 0 aliphatic carbocycles. The van der Waals surface area contributed by atoms with E-state index >= 15 is 0 Å². The average Bonchev–Trinajstić information content (AvgIpc) is 2.39. The third-order valence-corrected chi connectivity index (χ3v) is 3.42. The van der Waals surface area contributed by atoms with E-state index in [-0.39, 0.29) is 11.9 Å². The number of carbonyl (C=O) groups is 1. The number of ether oxygens (including phenoxy) is 1. The number of hydrogen-bond acceptors (Lipinski definition) is 3. The molecular weight excluding hydrogens is 249 g/mol. The van der Waals surface area contributed by atoms with Crippen LogP contribution in [0.3, 0.4) is 0 Å². The number of halogens is 1. The average molecular weight is 267 g/mol. The maximum absolute atomic E-state index is 13.1. The molecule has 0 spiro atoms. The highest BCUT2D eigenvalue weighted by Gasteiger charge is 2.28. The summed E-state index contributed by atoms with van der Waals surface area (Å²) >= 11 is 0. The van der Waals surface area contributed by atoms with Gasteiger partial charge in [0, 0.05) is 19.1 Å². The molecule has 1 N–H and O–H groups in total. The van der Waals surface area contributed by atoms with Gasteiger partial charge in [-0.2, -0.15) is 0 Å². The summed E-state index contributed by atoms with van der Waals surface area (Å²) in [5, 5.41) is 8.96. The molecule has 0 amide bonds. The van der Waals surface area contributed by atoms with Gasteiger partial charge in [-0.3, -0.25) is 4.90 Å². The molecule has 5 heteroatoms. The van der Waals surface area contributed by atoms with Crippen molar-refractivity contribution in [1.29, 1.82) is 0 Å². The predicted molar refractivity (Wildman–Crippen MR) is 68.5 cm³/mol. The zero-order chi connectivity index (χ0) is 13.8. The van der Waals surface area contributed by atoms with Crippen LogP contribution >= 0.6 is 0 Å². The van der Waals surface area contributed by atoms with Gasteiger partial charge in [0.15, 0.2) is 6.10 Å². The highest BCUT2D eigenvalue weighted by atomic mass is 19.1. The van der Waals surface area contributed by atoms with Gasteiger partial charge in [0.05, 0.1) is 6.61 Å². The van der Waals surface area contributed by atoms with Gasteiger partial charge in [-0.15, -0.1) is 0 Å². The highest BCUT2D eigenvalue weighted by molar-refractivity contribution is 5.72. The summed E-state index contributed by atoms with van der Waals surface area (Å²) in [7, 11) is 0. The summed E-state index contributed by atoms with van der Waals surface area (Å²) in [6.45, 7) is 3.53. The third-order valence-electron chi connectivity index (χ3n) is 3.42. The molecule has 0 saturated carbocycles. The van der Waals surface area contributed by atoms with Crippen molar-refractivity contribution in [1.82, 2.24) is 4.90 Å². The first-order valence-corrected chi connectivity index (χ1v) is 6.39. The number of rotatable bonds is 4. The van der Waals surface area contributed by atoms with Crippen molar-refractivity contribution in [2.75, 3.05) is 19.7 Å². The molecule has 0 bridgehead atoms. The Kier molecular flexibility index (Phi) is 4.50. The van der Waals surface area contributed by atoms with Gasteiger partial charge in [-0.05, 0) is 31.0 Å². The molecule has 1 aromatic rings. The lowest BCUT2D eigenvalue weighted by molar-refractivity contribution is -0.156. The maximum atomic E-state index is 13.1. The van der Waals surface area contributed by atoms with Crippen molar-refractivity contribution in [3.8, 4) is 0 Å². The van der Waals surface area contributed by atoms with E-state index in [9.17, 15) is 9.18 Å².